The van der Waals surface area contributed by atoms with Crippen LogP contribution in [0.5, 0.6) is 0 Å². The first-order chi connectivity index (χ1) is 7.88. The van der Waals surface area contributed by atoms with Crippen molar-refractivity contribution in [2.75, 3.05) is 0 Å². The van der Waals surface area contributed by atoms with Gasteiger partial charge in [0.25, 0.3) is 0 Å². The number of nitrogens with zero attached hydrogens (tertiary/aromatic N) is 1. The number of rotatable bonds is 5. The van der Waals surface area contributed by atoms with E-state index in [1.165, 1.54) is 18.5 Å². The highest BCUT2D eigenvalue weighted by molar-refractivity contribution is 7.89. The van der Waals surface area contributed by atoms with Gasteiger partial charge in [-0.2, -0.15) is 0 Å². The summed E-state index contributed by atoms with van der Waals surface area (Å²) in [5.74, 6) is 0.264. The van der Waals surface area contributed by atoms with Gasteiger partial charge in [-0.15, -0.1) is 0 Å². The average molecular weight is 277 g/mol. The maximum absolute atomic E-state index is 12.0. The number of sulfonamides is 1. The molecule has 0 aliphatic heterocycles. The minimum atomic E-state index is -3.59. The molecule has 0 saturated heterocycles. The summed E-state index contributed by atoms with van der Waals surface area (Å²) >= 11 is 5.85. The van der Waals surface area contributed by atoms with Crippen LogP contribution < -0.4 is 4.72 Å². The largest absolute Gasteiger partial charge is 0.263 e. The minimum Gasteiger partial charge on any atom is -0.263 e. The summed E-state index contributed by atoms with van der Waals surface area (Å²) in [6, 6.07) is 1.32. The monoisotopic (exact) mass is 276 g/mol. The molecule has 1 rings (SSSR count). The molecule has 96 valence electrons. The van der Waals surface area contributed by atoms with Gasteiger partial charge < -0.3 is 0 Å². The van der Waals surface area contributed by atoms with Crippen molar-refractivity contribution in [1.29, 1.82) is 0 Å². The summed E-state index contributed by atoms with van der Waals surface area (Å²) in [4.78, 5) is 3.81. The van der Waals surface area contributed by atoms with Gasteiger partial charge >= 0.3 is 0 Å². The van der Waals surface area contributed by atoms with Crippen LogP contribution in [0.3, 0.4) is 0 Å². The number of hydrogen-bond acceptors (Lipinski definition) is 3. The summed E-state index contributed by atoms with van der Waals surface area (Å²) in [6.45, 7) is 5.86. The van der Waals surface area contributed by atoms with Gasteiger partial charge in [-0.1, -0.05) is 31.9 Å². The lowest BCUT2D eigenvalue weighted by Crippen LogP contribution is -2.37. The molecule has 17 heavy (non-hydrogen) atoms. The van der Waals surface area contributed by atoms with Gasteiger partial charge in [-0.05, 0) is 18.9 Å². The van der Waals surface area contributed by atoms with Gasteiger partial charge in [0.1, 0.15) is 4.90 Å². The summed E-state index contributed by atoms with van der Waals surface area (Å²) in [5, 5.41) is 0.184. The van der Waals surface area contributed by atoms with Crippen molar-refractivity contribution in [3.63, 3.8) is 0 Å². The highest BCUT2D eigenvalue weighted by Crippen LogP contribution is 2.20. The fraction of sp³-hybridized carbons (Fsp3) is 0.545. The molecule has 0 bridgehead atoms. The van der Waals surface area contributed by atoms with Crippen LogP contribution in [-0.4, -0.2) is 19.4 Å². The second-order valence-electron chi connectivity index (χ2n) is 4.10. The minimum absolute atomic E-state index is 0.0248. The number of aromatic nitrogens is 1. The fourth-order valence-corrected chi connectivity index (χ4v) is 3.12. The van der Waals surface area contributed by atoms with Crippen LogP contribution in [-0.2, 0) is 10.0 Å². The van der Waals surface area contributed by atoms with Gasteiger partial charge in [-0.25, -0.2) is 13.1 Å². The maximum atomic E-state index is 12.0. The van der Waals surface area contributed by atoms with E-state index in [2.05, 4.69) is 9.71 Å². The van der Waals surface area contributed by atoms with Crippen molar-refractivity contribution in [1.82, 2.24) is 9.71 Å². The smallest absolute Gasteiger partial charge is 0.243 e. The summed E-state index contributed by atoms with van der Waals surface area (Å²) in [6.07, 6.45) is 3.62. The predicted octanol–water partition coefficient (Wildman–Crippen LogP) is 2.45. The Hall–Kier alpha value is -0.650. The molecule has 0 saturated carbocycles. The van der Waals surface area contributed by atoms with Crippen molar-refractivity contribution in [3.05, 3.63) is 23.5 Å². The molecule has 0 aliphatic rings. The van der Waals surface area contributed by atoms with E-state index in [-0.39, 0.29) is 21.9 Å². The topological polar surface area (TPSA) is 59.1 Å². The molecule has 1 aromatic heterocycles. The van der Waals surface area contributed by atoms with E-state index in [1.807, 2.05) is 20.8 Å². The zero-order valence-electron chi connectivity index (χ0n) is 10.1. The highest BCUT2D eigenvalue weighted by Gasteiger charge is 2.22. The van der Waals surface area contributed by atoms with E-state index in [4.69, 9.17) is 11.6 Å². The normalized spacial score (nSPS) is 15.5. The molecule has 0 aliphatic carbocycles. The molecule has 0 aromatic carbocycles. The third-order valence-corrected chi connectivity index (χ3v) is 4.89. The molecular formula is C11H17ClN2O2S. The van der Waals surface area contributed by atoms with Gasteiger partial charge in [-0.3, -0.25) is 4.98 Å². The molecule has 4 nitrogen and oxygen atoms in total. The maximum Gasteiger partial charge on any atom is 0.243 e. The molecule has 2 unspecified atom stereocenters. The van der Waals surface area contributed by atoms with Crippen LogP contribution in [0.2, 0.25) is 5.02 Å². The second-order valence-corrected chi connectivity index (χ2v) is 6.19. The SMILES string of the molecule is CCC(C)C(C)NS(=O)(=O)c1cnccc1Cl. The molecule has 0 radical (unpaired) electrons. The van der Waals surface area contributed by atoms with Gasteiger partial charge in [0.2, 0.25) is 10.0 Å². The molecule has 1 heterocycles. The molecule has 1 aromatic rings. The molecule has 6 heteroatoms. The molecule has 0 amide bonds. The Balaban J connectivity index is 2.94. The van der Waals surface area contributed by atoms with E-state index >= 15 is 0 Å². The van der Waals surface area contributed by atoms with Crippen LogP contribution in [0.4, 0.5) is 0 Å². The Bertz CT molecular complexity index is 476. The van der Waals surface area contributed by atoms with Gasteiger partial charge in [0.05, 0.1) is 5.02 Å². The van der Waals surface area contributed by atoms with Crippen molar-refractivity contribution >= 4 is 21.6 Å². The third kappa shape index (κ3) is 3.66. The Morgan fingerprint density at radius 1 is 1.47 bits per heavy atom. The Morgan fingerprint density at radius 2 is 2.12 bits per heavy atom. The molecule has 2 atom stereocenters. The number of hydrogen-bond donors (Lipinski definition) is 1. The zero-order chi connectivity index (χ0) is 13.1. The van der Waals surface area contributed by atoms with Crippen molar-refractivity contribution < 1.29 is 8.42 Å². The third-order valence-electron chi connectivity index (χ3n) is 2.86. The Labute approximate surface area is 107 Å². The van der Waals surface area contributed by atoms with Crippen LogP contribution in [0.1, 0.15) is 27.2 Å². The molecule has 0 fully saturated rings. The molecule has 0 spiro atoms. The number of halogens is 1. The quantitative estimate of drug-likeness (QED) is 0.899. The van der Waals surface area contributed by atoms with E-state index in [0.29, 0.717) is 0 Å². The first kappa shape index (κ1) is 14.4. The Morgan fingerprint density at radius 3 is 2.65 bits per heavy atom. The fourth-order valence-electron chi connectivity index (χ4n) is 1.34. The lowest BCUT2D eigenvalue weighted by Gasteiger charge is -2.19. The van der Waals surface area contributed by atoms with Crippen molar-refractivity contribution in [2.45, 2.75) is 38.1 Å². The first-order valence-electron chi connectivity index (χ1n) is 5.50. The summed E-state index contributed by atoms with van der Waals surface area (Å²) in [7, 11) is -3.59. The molecular weight excluding hydrogens is 260 g/mol. The summed E-state index contributed by atoms with van der Waals surface area (Å²) in [5.41, 5.74) is 0. The predicted molar refractivity (Wildman–Crippen MR) is 68.5 cm³/mol. The van der Waals surface area contributed by atoms with E-state index < -0.39 is 10.0 Å². The van der Waals surface area contributed by atoms with E-state index in [0.717, 1.165) is 6.42 Å². The van der Waals surface area contributed by atoms with Crippen molar-refractivity contribution in [3.8, 4) is 0 Å². The zero-order valence-corrected chi connectivity index (χ0v) is 11.7. The second kappa shape index (κ2) is 5.80. The van der Waals surface area contributed by atoms with E-state index in [9.17, 15) is 8.42 Å². The van der Waals surface area contributed by atoms with Crippen molar-refractivity contribution in [2.24, 2.45) is 5.92 Å². The van der Waals surface area contributed by atoms with Crippen LogP contribution in [0.25, 0.3) is 0 Å². The highest BCUT2D eigenvalue weighted by atomic mass is 35.5. The van der Waals surface area contributed by atoms with Crippen LogP contribution >= 0.6 is 11.6 Å². The Kier molecular flexibility index (Phi) is 4.91. The first-order valence-corrected chi connectivity index (χ1v) is 7.36. The number of pyridine rings is 1. The molecule has 1 N–H and O–H groups in total. The lowest BCUT2D eigenvalue weighted by molar-refractivity contribution is 0.434. The van der Waals surface area contributed by atoms with Gasteiger partial charge in [0.15, 0.2) is 0 Å². The lowest BCUT2D eigenvalue weighted by atomic mass is 10.0. The average Bonchev–Trinajstić information content (AvgIpc) is 2.27. The van der Waals surface area contributed by atoms with Gasteiger partial charge in [0, 0.05) is 18.4 Å². The number of nitrogens with one attached hydrogen (secondary N) is 1. The van der Waals surface area contributed by atoms with Crippen LogP contribution in [0, 0.1) is 5.92 Å². The van der Waals surface area contributed by atoms with Crippen LogP contribution in [0.15, 0.2) is 23.4 Å². The summed E-state index contributed by atoms with van der Waals surface area (Å²) < 4.78 is 26.7. The van der Waals surface area contributed by atoms with E-state index in [1.54, 1.807) is 0 Å². The standard InChI is InChI=1S/C11H17ClN2O2S/c1-4-8(2)9(3)14-17(15,16)11-7-13-6-5-10(11)12/h5-9,14H,4H2,1-3H3.